The van der Waals surface area contributed by atoms with Crippen LogP contribution in [0.15, 0.2) is 18.2 Å². The lowest BCUT2D eigenvalue weighted by molar-refractivity contribution is 0.309. The van der Waals surface area contributed by atoms with E-state index in [0.717, 1.165) is 19.5 Å². The number of nitrogens with zero attached hydrogens (tertiary/aromatic N) is 1. The first-order valence-electron chi connectivity index (χ1n) is 5.42. The third-order valence-corrected chi connectivity index (χ3v) is 3.47. The average Bonchev–Trinajstić information content (AvgIpc) is 2.71. The van der Waals surface area contributed by atoms with Crippen molar-refractivity contribution in [3.8, 4) is 0 Å². The lowest BCUT2D eigenvalue weighted by Crippen LogP contribution is -2.21. The molecule has 2 rings (SSSR count). The second kappa shape index (κ2) is 5.11. The van der Waals surface area contributed by atoms with Crippen LogP contribution in [0.25, 0.3) is 0 Å². The zero-order valence-electron chi connectivity index (χ0n) is 8.93. The molecule has 1 heterocycles. The Labute approximate surface area is 99.0 Å². The predicted molar refractivity (Wildman–Crippen MR) is 60.5 cm³/mol. The molecule has 4 heteroatoms. The Bertz CT molecular complexity index is 350. The zero-order chi connectivity index (χ0) is 11.5. The van der Waals surface area contributed by atoms with E-state index in [0.29, 0.717) is 18.3 Å². The van der Waals surface area contributed by atoms with Gasteiger partial charge in [0.15, 0.2) is 0 Å². The SMILES string of the molecule is Fc1cccc(F)c1CN1CCC(CCl)C1. The standard InChI is InChI=1S/C12H14ClF2N/c13-6-9-4-5-16(7-9)8-10-11(14)2-1-3-12(10)15/h1-3,9H,4-8H2. The minimum atomic E-state index is -0.464. The quantitative estimate of drug-likeness (QED) is 0.740. The number of hydrogen-bond donors (Lipinski definition) is 0. The van der Waals surface area contributed by atoms with Crippen molar-refractivity contribution in [2.45, 2.75) is 13.0 Å². The van der Waals surface area contributed by atoms with Crippen molar-refractivity contribution in [3.63, 3.8) is 0 Å². The topological polar surface area (TPSA) is 3.24 Å². The van der Waals surface area contributed by atoms with Crippen molar-refractivity contribution in [1.29, 1.82) is 0 Å². The molecule has 16 heavy (non-hydrogen) atoms. The molecular formula is C12H14ClF2N. The predicted octanol–water partition coefficient (Wildman–Crippen LogP) is 3.03. The molecule has 0 amide bonds. The number of benzene rings is 1. The van der Waals surface area contributed by atoms with E-state index in [1.54, 1.807) is 0 Å². The Morgan fingerprint density at radius 1 is 1.31 bits per heavy atom. The van der Waals surface area contributed by atoms with E-state index in [1.165, 1.54) is 18.2 Å². The van der Waals surface area contributed by atoms with Crippen LogP contribution in [0.4, 0.5) is 8.78 Å². The molecule has 1 aromatic rings. The van der Waals surface area contributed by atoms with Gasteiger partial charge >= 0.3 is 0 Å². The molecule has 0 radical (unpaired) electrons. The van der Waals surface area contributed by atoms with Crippen LogP contribution in [0.5, 0.6) is 0 Å². The van der Waals surface area contributed by atoms with Gasteiger partial charge in [0.25, 0.3) is 0 Å². The summed E-state index contributed by atoms with van der Waals surface area (Å²) < 4.78 is 26.8. The Morgan fingerprint density at radius 3 is 2.56 bits per heavy atom. The molecule has 1 atom stereocenters. The van der Waals surface area contributed by atoms with E-state index >= 15 is 0 Å². The number of rotatable bonds is 3. The van der Waals surface area contributed by atoms with Gasteiger partial charge in [-0.05, 0) is 31.0 Å². The molecule has 1 unspecified atom stereocenters. The number of hydrogen-bond acceptors (Lipinski definition) is 1. The summed E-state index contributed by atoms with van der Waals surface area (Å²) in [6.45, 7) is 2.04. The van der Waals surface area contributed by atoms with Crippen LogP contribution >= 0.6 is 11.6 Å². The van der Waals surface area contributed by atoms with E-state index in [9.17, 15) is 8.78 Å². The molecular weight excluding hydrogens is 232 g/mol. The molecule has 1 aliphatic rings. The smallest absolute Gasteiger partial charge is 0.130 e. The Kier molecular flexibility index (Phi) is 3.77. The van der Waals surface area contributed by atoms with Crippen LogP contribution in [-0.4, -0.2) is 23.9 Å². The molecule has 0 aromatic heterocycles. The van der Waals surface area contributed by atoms with Gasteiger partial charge in [0.1, 0.15) is 11.6 Å². The molecule has 0 aliphatic carbocycles. The van der Waals surface area contributed by atoms with Crippen molar-refractivity contribution in [3.05, 3.63) is 35.4 Å². The molecule has 0 bridgehead atoms. The second-order valence-electron chi connectivity index (χ2n) is 4.24. The van der Waals surface area contributed by atoms with E-state index in [-0.39, 0.29) is 5.56 Å². The van der Waals surface area contributed by atoms with Gasteiger partial charge in [-0.15, -0.1) is 11.6 Å². The lowest BCUT2D eigenvalue weighted by atomic mass is 10.1. The maximum atomic E-state index is 13.4. The van der Waals surface area contributed by atoms with Crippen molar-refractivity contribution in [1.82, 2.24) is 4.90 Å². The summed E-state index contributed by atoms with van der Waals surface area (Å²) in [5, 5.41) is 0. The monoisotopic (exact) mass is 245 g/mol. The van der Waals surface area contributed by atoms with Crippen LogP contribution in [0, 0.1) is 17.6 Å². The molecule has 1 aliphatic heterocycles. The number of alkyl halides is 1. The number of likely N-dealkylation sites (tertiary alicyclic amines) is 1. The van der Waals surface area contributed by atoms with Crippen molar-refractivity contribution in [2.24, 2.45) is 5.92 Å². The molecule has 1 aromatic carbocycles. The van der Waals surface area contributed by atoms with E-state index in [2.05, 4.69) is 4.90 Å². The average molecular weight is 246 g/mol. The van der Waals surface area contributed by atoms with Crippen molar-refractivity contribution >= 4 is 11.6 Å². The highest BCUT2D eigenvalue weighted by atomic mass is 35.5. The fraction of sp³-hybridized carbons (Fsp3) is 0.500. The third-order valence-electron chi connectivity index (χ3n) is 3.03. The van der Waals surface area contributed by atoms with Gasteiger partial charge in [-0.2, -0.15) is 0 Å². The van der Waals surface area contributed by atoms with Gasteiger partial charge in [-0.3, -0.25) is 4.90 Å². The summed E-state index contributed by atoms with van der Waals surface area (Å²) >= 11 is 5.76. The first-order chi connectivity index (χ1) is 7.70. The highest BCUT2D eigenvalue weighted by Crippen LogP contribution is 2.21. The Balaban J connectivity index is 2.04. The molecule has 0 N–H and O–H groups in total. The summed E-state index contributed by atoms with van der Waals surface area (Å²) in [7, 11) is 0. The second-order valence-corrected chi connectivity index (χ2v) is 4.55. The van der Waals surface area contributed by atoms with E-state index < -0.39 is 11.6 Å². The summed E-state index contributed by atoms with van der Waals surface area (Å²) in [6, 6.07) is 3.99. The molecule has 0 saturated carbocycles. The molecule has 1 fully saturated rings. The minimum Gasteiger partial charge on any atom is -0.299 e. The third kappa shape index (κ3) is 2.53. The Morgan fingerprint density at radius 2 is 2.00 bits per heavy atom. The van der Waals surface area contributed by atoms with Crippen LogP contribution < -0.4 is 0 Å². The maximum absolute atomic E-state index is 13.4. The molecule has 1 saturated heterocycles. The zero-order valence-corrected chi connectivity index (χ0v) is 9.68. The van der Waals surface area contributed by atoms with Gasteiger partial charge in [-0.1, -0.05) is 6.07 Å². The largest absolute Gasteiger partial charge is 0.299 e. The highest BCUT2D eigenvalue weighted by molar-refractivity contribution is 6.18. The van der Waals surface area contributed by atoms with E-state index in [4.69, 9.17) is 11.6 Å². The fourth-order valence-corrected chi connectivity index (χ4v) is 2.34. The van der Waals surface area contributed by atoms with Crippen LogP contribution in [0.1, 0.15) is 12.0 Å². The highest BCUT2D eigenvalue weighted by Gasteiger charge is 2.23. The minimum absolute atomic E-state index is 0.165. The Hall–Kier alpha value is -0.670. The van der Waals surface area contributed by atoms with E-state index in [1.807, 2.05) is 0 Å². The van der Waals surface area contributed by atoms with Gasteiger partial charge in [0.05, 0.1) is 0 Å². The first-order valence-corrected chi connectivity index (χ1v) is 5.95. The van der Waals surface area contributed by atoms with Crippen LogP contribution in [0.3, 0.4) is 0 Å². The van der Waals surface area contributed by atoms with Gasteiger partial charge in [-0.25, -0.2) is 8.78 Å². The fourth-order valence-electron chi connectivity index (χ4n) is 2.09. The summed E-state index contributed by atoms with van der Waals surface area (Å²) in [5.41, 5.74) is 0.165. The number of halogens is 3. The normalized spacial score (nSPS) is 21.6. The summed E-state index contributed by atoms with van der Waals surface area (Å²) in [6.07, 6.45) is 1.01. The van der Waals surface area contributed by atoms with Crippen LogP contribution in [0.2, 0.25) is 0 Å². The molecule has 0 spiro atoms. The lowest BCUT2D eigenvalue weighted by Gasteiger charge is -2.16. The summed E-state index contributed by atoms with van der Waals surface area (Å²) in [5.74, 6) is 0.149. The molecule has 1 nitrogen and oxygen atoms in total. The van der Waals surface area contributed by atoms with Crippen molar-refractivity contribution < 1.29 is 8.78 Å². The maximum Gasteiger partial charge on any atom is 0.130 e. The van der Waals surface area contributed by atoms with Gasteiger partial charge in [0.2, 0.25) is 0 Å². The van der Waals surface area contributed by atoms with Crippen LogP contribution in [-0.2, 0) is 6.54 Å². The van der Waals surface area contributed by atoms with Gasteiger partial charge in [0, 0.05) is 24.5 Å². The van der Waals surface area contributed by atoms with Crippen molar-refractivity contribution in [2.75, 3.05) is 19.0 Å². The first kappa shape index (κ1) is 11.8. The summed E-state index contributed by atoms with van der Waals surface area (Å²) in [4.78, 5) is 2.05. The van der Waals surface area contributed by atoms with Gasteiger partial charge < -0.3 is 0 Å². The molecule has 88 valence electrons.